The molecule has 0 aromatic carbocycles. The monoisotopic (exact) mass is 349 g/mol. The molecule has 1 saturated heterocycles. The summed E-state index contributed by atoms with van der Waals surface area (Å²) in [5.74, 6) is -1.47. The van der Waals surface area contributed by atoms with E-state index in [0.717, 1.165) is 17.0 Å². The van der Waals surface area contributed by atoms with Gasteiger partial charge in [-0.1, -0.05) is 19.8 Å². The molecule has 134 valence electrons. The predicted octanol–water partition coefficient (Wildman–Crippen LogP) is 1.88. The molecular weight excluding hydrogens is 328 g/mol. The number of aromatic nitrogens is 1. The lowest BCUT2D eigenvalue weighted by Crippen LogP contribution is -2.43. The second-order valence-electron chi connectivity index (χ2n) is 6.58. The minimum atomic E-state index is -2.99. The highest BCUT2D eigenvalue weighted by Gasteiger charge is 2.46. The maximum absolute atomic E-state index is 13.4. The quantitative estimate of drug-likeness (QED) is 0.826. The van der Waals surface area contributed by atoms with Crippen LogP contribution in [0, 0.1) is 18.3 Å². The van der Waals surface area contributed by atoms with E-state index in [2.05, 4.69) is 16.2 Å². The van der Waals surface area contributed by atoms with Crippen molar-refractivity contribution >= 4 is 11.8 Å². The molecule has 1 fully saturated rings. The molecule has 2 rings (SSSR count). The van der Waals surface area contributed by atoms with Gasteiger partial charge in [0.2, 0.25) is 5.91 Å². The van der Waals surface area contributed by atoms with E-state index in [0.29, 0.717) is 11.5 Å². The minimum absolute atomic E-state index is 0.374. The van der Waals surface area contributed by atoms with Crippen LogP contribution >= 0.6 is 0 Å². The van der Waals surface area contributed by atoms with Crippen LogP contribution in [0.4, 0.5) is 8.78 Å². The Hall–Kier alpha value is -2.49. The molecule has 2 heterocycles. The van der Waals surface area contributed by atoms with Crippen molar-refractivity contribution in [2.75, 3.05) is 13.1 Å². The van der Waals surface area contributed by atoms with Gasteiger partial charge in [0.05, 0.1) is 19.1 Å². The average Bonchev–Trinajstić information content (AvgIpc) is 2.87. The van der Waals surface area contributed by atoms with Crippen LogP contribution < -0.4 is 5.32 Å². The molecule has 1 aromatic rings. The summed E-state index contributed by atoms with van der Waals surface area (Å²) in [5.41, 5.74) is 1.15. The highest BCUT2D eigenvalue weighted by Crippen LogP contribution is 2.31. The molecule has 0 spiro atoms. The second-order valence-corrected chi connectivity index (χ2v) is 6.58. The number of hydrogen-bond acceptors (Lipinski definition) is 3. The van der Waals surface area contributed by atoms with Gasteiger partial charge >= 0.3 is 0 Å². The molecule has 1 aliphatic rings. The average molecular weight is 349 g/mol. The Morgan fingerprint density at radius 1 is 1.52 bits per heavy atom. The van der Waals surface area contributed by atoms with Crippen LogP contribution in [0.15, 0.2) is 18.3 Å². The van der Waals surface area contributed by atoms with Gasteiger partial charge in [-0.25, -0.2) is 8.78 Å². The highest BCUT2D eigenvalue weighted by atomic mass is 19.3. The number of hydrogen-bond donors (Lipinski definition) is 1. The maximum Gasteiger partial charge on any atom is 0.268 e. The number of nitrogens with one attached hydrogen (secondary N) is 1. The molecule has 0 bridgehead atoms. The highest BCUT2D eigenvalue weighted by molar-refractivity contribution is 5.96. The molecule has 7 heteroatoms. The smallest absolute Gasteiger partial charge is 0.268 e. The Bertz CT molecular complexity index is 698. The van der Waals surface area contributed by atoms with E-state index in [9.17, 15) is 18.4 Å². The van der Waals surface area contributed by atoms with E-state index in [1.165, 1.54) is 12.3 Å². The molecule has 1 atom stereocenters. The SMILES string of the molecule is C#C[C@@H]1CC(F)(F)CN1C(=O)CNC(=O)c1ccnc(CC(C)C)c1. The van der Waals surface area contributed by atoms with Gasteiger partial charge in [0, 0.05) is 23.9 Å². The molecule has 0 saturated carbocycles. The summed E-state index contributed by atoms with van der Waals surface area (Å²) in [7, 11) is 0. The third kappa shape index (κ3) is 4.99. The fourth-order valence-corrected chi connectivity index (χ4v) is 2.74. The first-order valence-electron chi connectivity index (χ1n) is 8.08. The zero-order valence-electron chi connectivity index (χ0n) is 14.3. The number of halogens is 2. The molecule has 25 heavy (non-hydrogen) atoms. The first-order chi connectivity index (χ1) is 11.7. The number of carbonyl (C=O) groups is 2. The van der Waals surface area contributed by atoms with E-state index in [1.807, 2.05) is 13.8 Å². The summed E-state index contributed by atoms with van der Waals surface area (Å²) in [5, 5.41) is 2.46. The minimum Gasteiger partial charge on any atom is -0.343 e. The third-order valence-electron chi connectivity index (χ3n) is 3.88. The molecule has 5 nitrogen and oxygen atoms in total. The lowest BCUT2D eigenvalue weighted by atomic mass is 10.1. The van der Waals surface area contributed by atoms with Gasteiger partial charge in [-0.05, 0) is 24.5 Å². The predicted molar refractivity (Wildman–Crippen MR) is 89.0 cm³/mol. The lowest BCUT2D eigenvalue weighted by molar-refractivity contribution is -0.131. The number of alkyl halides is 2. The van der Waals surface area contributed by atoms with Crippen molar-refractivity contribution in [2.24, 2.45) is 5.92 Å². The van der Waals surface area contributed by atoms with Crippen LogP contribution in [0.1, 0.15) is 36.3 Å². The van der Waals surface area contributed by atoms with Gasteiger partial charge in [0.25, 0.3) is 11.8 Å². The fourth-order valence-electron chi connectivity index (χ4n) is 2.74. The number of likely N-dealkylation sites (tertiary alicyclic amines) is 1. The third-order valence-corrected chi connectivity index (χ3v) is 3.88. The number of terminal acetylenes is 1. The zero-order chi connectivity index (χ0) is 18.6. The zero-order valence-corrected chi connectivity index (χ0v) is 14.3. The fraction of sp³-hybridized carbons (Fsp3) is 0.500. The van der Waals surface area contributed by atoms with Gasteiger partial charge < -0.3 is 10.2 Å². The van der Waals surface area contributed by atoms with Gasteiger partial charge in [-0.15, -0.1) is 6.42 Å². The van der Waals surface area contributed by atoms with E-state index in [-0.39, 0.29) is 6.54 Å². The van der Waals surface area contributed by atoms with Crippen LogP contribution in [-0.2, 0) is 11.2 Å². The molecule has 0 unspecified atom stereocenters. The lowest BCUT2D eigenvalue weighted by Gasteiger charge is -2.20. The molecule has 1 N–H and O–H groups in total. The van der Waals surface area contributed by atoms with Gasteiger partial charge in [-0.2, -0.15) is 0 Å². The van der Waals surface area contributed by atoms with Crippen LogP contribution in [0.5, 0.6) is 0 Å². The van der Waals surface area contributed by atoms with Crippen LogP contribution in [-0.4, -0.2) is 46.8 Å². The standard InChI is InChI=1S/C18H21F2N3O2/c1-4-15-9-18(19,20)11-23(15)16(24)10-22-17(25)13-5-6-21-14(8-13)7-12(2)3/h1,5-6,8,12,15H,7,9-11H2,2-3H3,(H,22,25)/t15-/m1/s1. The van der Waals surface area contributed by atoms with Crippen molar-refractivity contribution in [3.63, 3.8) is 0 Å². The topological polar surface area (TPSA) is 62.3 Å². The summed E-state index contributed by atoms with van der Waals surface area (Å²) in [6, 6.07) is 2.25. The number of pyridine rings is 1. The van der Waals surface area contributed by atoms with Crippen molar-refractivity contribution in [3.8, 4) is 12.3 Å². The summed E-state index contributed by atoms with van der Waals surface area (Å²) < 4.78 is 26.8. The van der Waals surface area contributed by atoms with E-state index < -0.39 is 36.7 Å². The first kappa shape index (κ1) is 18.8. The van der Waals surface area contributed by atoms with Crippen molar-refractivity contribution in [1.82, 2.24) is 15.2 Å². The summed E-state index contributed by atoms with van der Waals surface area (Å²) in [4.78, 5) is 29.4. The summed E-state index contributed by atoms with van der Waals surface area (Å²) in [6.45, 7) is 2.99. The van der Waals surface area contributed by atoms with Crippen LogP contribution in [0.25, 0.3) is 0 Å². The Labute approximate surface area is 145 Å². The van der Waals surface area contributed by atoms with Crippen molar-refractivity contribution in [1.29, 1.82) is 0 Å². The number of carbonyl (C=O) groups excluding carboxylic acids is 2. The summed E-state index contributed by atoms with van der Waals surface area (Å²) >= 11 is 0. The van der Waals surface area contributed by atoms with E-state index in [4.69, 9.17) is 6.42 Å². The van der Waals surface area contributed by atoms with Crippen molar-refractivity contribution < 1.29 is 18.4 Å². The van der Waals surface area contributed by atoms with Crippen LogP contribution in [0.3, 0.4) is 0 Å². The van der Waals surface area contributed by atoms with Gasteiger partial charge in [0.1, 0.15) is 0 Å². The van der Waals surface area contributed by atoms with Gasteiger partial charge in [-0.3, -0.25) is 14.6 Å². The van der Waals surface area contributed by atoms with Gasteiger partial charge in [0.15, 0.2) is 0 Å². The number of amides is 2. The first-order valence-corrected chi connectivity index (χ1v) is 8.08. The van der Waals surface area contributed by atoms with E-state index >= 15 is 0 Å². The largest absolute Gasteiger partial charge is 0.343 e. The molecule has 1 aromatic heterocycles. The number of nitrogens with zero attached hydrogens (tertiary/aromatic N) is 2. The Morgan fingerprint density at radius 3 is 2.88 bits per heavy atom. The maximum atomic E-state index is 13.4. The molecule has 0 aliphatic carbocycles. The van der Waals surface area contributed by atoms with Crippen LogP contribution in [0.2, 0.25) is 0 Å². The number of rotatable bonds is 5. The van der Waals surface area contributed by atoms with Crippen molar-refractivity contribution in [2.45, 2.75) is 38.7 Å². The van der Waals surface area contributed by atoms with E-state index in [1.54, 1.807) is 6.07 Å². The Morgan fingerprint density at radius 2 is 2.24 bits per heavy atom. The van der Waals surface area contributed by atoms with Crippen molar-refractivity contribution in [3.05, 3.63) is 29.6 Å². The molecular formula is C18H21F2N3O2. The molecule has 0 radical (unpaired) electrons. The summed E-state index contributed by atoms with van der Waals surface area (Å²) in [6.07, 6.45) is 6.93. The normalized spacial score (nSPS) is 18.9. The molecule has 1 aliphatic heterocycles. The second kappa shape index (κ2) is 7.60. The Kier molecular flexibility index (Phi) is 5.73. The molecule has 2 amide bonds. The Balaban J connectivity index is 1.96.